The van der Waals surface area contributed by atoms with Gasteiger partial charge in [0.25, 0.3) is 0 Å². The Morgan fingerprint density at radius 3 is 2.67 bits per heavy atom. The number of esters is 1. The van der Waals surface area contributed by atoms with E-state index in [1.165, 1.54) is 19.3 Å². The first-order valence-corrected chi connectivity index (χ1v) is 7.84. The minimum Gasteiger partial charge on any atom is -0.507 e. The Morgan fingerprint density at radius 2 is 2.08 bits per heavy atom. The molecule has 0 spiro atoms. The lowest BCUT2D eigenvalue weighted by molar-refractivity contribution is -0.114. The molecule has 0 aliphatic rings. The van der Waals surface area contributed by atoms with Crippen LogP contribution in [-0.4, -0.2) is 30.1 Å². The number of allylic oxidation sites excluding steroid dienone is 2. The summed E-state index contributed by atoms with van der Waals surface area (Å²) in [6.45, 7) is 7.25. The van der Waals surface area contributed by atoms with Crippen molar-refractivity contribution >= 4 is 11.8 Å². The second-order valence-corrected chi connectivity index (χ2v) is 5.37. The van der Waals surface area contributed by atoms with Crippen LogP contribution in [0.4, 0.5) is 0 Å². The monoisotopic (exact) mass is 332 g/mol. The molecule has 0 heterocycles. The molecule has 130 valence electrons. The molecule has 0 amide bonds. The Labute approximate surface area is 142 Å². The van der Waals surface area contributed by atoms with Crippen LogP contribution >= 0.6 is 0 Å². The van der Waals surface area contributed by atoms with Gasteiger partial charge in [-0.3, -0.25) is 4.79 Å². The van der Waals surface area contributed by atoms with E-state index in [4.69, 9.17) is 9.47 Å². The minimum atomic E-state index is -0.674. The number of ether oxygens (including phenoxy) is 2. The van der Waals surface area contributed by atoms with Crippen LogP contribution in [0.1, 0.15) is 42.6 Å². The van der Waals surface area contributed by atoms with Crippen LogP contribution in [0.3, 0.4) is 0 Å². The molecule has 0 radical (unpaired) electrons. The van der Waals surface area contributed by atoms with Gasteiger partial charge in [0, 0.05) is 18.9 Å². The molecule has 0 fully saturated rings. The van der Waals surface area contributed by atoms with Crippen LogP contribution in [0.2, 0.25) is 0 Å². The van der Waals surface area contributed by atoms with Gasteiger partial charge in [-0.1, -0.05) is 19.1 Å². The lowest BCUT2D eigenvalue weighted by Crippen LogP contribution is -2.17. The Balaban J connectivity index is 3.16. The number of carbonyl (C=O) groups excluding carboxylic acids is 2. The third-order valence-electron chi connectivity index (χ3n) is 3.32. The number of methoxy groups -OCH3 is 1. The van der Waals surface area contributed by atoms with Gasteiger partial charge >= 0.3 is 5.97 Å². The summed E-state index contributed by atoms with van der Waals surface area (Å²) < 4.78 is 10.4. The molecule has 0 aliphatic carbocycles. The molecular formula is C19H24O5. The second-order valence-electron chi connectivity index (χ2n) is 5.37. The highest BCUT2D eigenvalue weighted by Gasteiger charge is 2.22. The van der Waals surface area contributed by atoms with E-state index in [1.807, 2.05) is 6.92 Å². The minimum absolute atomic E-state index is 0.00930. The maximum absolute atomic E-state index is 12.4. The molecule has 0 saturated carbocycles. The predicted molar refractivity (Wildman–Crippen MR) is 92.5 cm³/mol. The van der Waals surface area contributed by atoms with Crippen LogP contribution in [-0.2, 0) is 16.0 Å². The summed E-state index contributed by atoms with van der Waals surface area (Å²) in [5.41, 5.74) is 0.360. The second kappa shape index (κ2) is 9.55. The lowest BCUT2D eigenvalue weighted by Gasteiger charge is -2.15. The molecule has 1 N–H and O–H groups in total. The number of benzene rings is 1. The molecule has 24 heavy (non-hydrogen) atoms. The summed E-state index contributed by atoms with van der Waals surface area (Å²) in [5, 5.41) is 10.2. The highest BCUT2D eigenvalue weighted by atomic mass is 16.5. The quantitative estimate of drug-likeness (QED) is 0.425. The van der Waals surface area contributed by atoms with Crippen molar-refractivity contribution in [2.75, 3.05) is 7.11 Å². The van der Waals surface area contributed by atoms with Crippen molar-refractivity contribution in [2.45, 2.75) is 39.2 Å². The topological polar surface area (TPSA) is 72.8 Å². The average molecular weight is 332 g/mol. The van der Waals surface area contributed by atoms with Gasteiger partial charge in [-0.2, -0.15) is 0 Å². The highest BCUT2D eigenvalue weighted by molar-refractivity contribution is 5.98. The van der Waals surface area contributed by atoms with Crippen molar-refractivity contribution in [3.63, 3.8) is 0 Å². The molecule has 0 aliphatic heterocycles. The van der Waals surface area contributed by atoms with Gasteiger partial charge in [0.1, 0.15) is 23.2 Å². The van der Waals surface area contributed by atoms with Gasteiger partial charge in [0.15, 0.2) is 5.78 Å². The summed E-state index contributed by atoms with van der Waals surface area (Å²) in [7, 11) is 1.45. The first-order chi connectivity index (χ1) is 11.4. The Kier molecular flexibility index (Phi) is 7.75. The van der Waals surface area contributed by atoms with Crippen LogP contribution in [0.15, 0.2) is 36.9 Å². The van der Waals surface area contributed by atoms with Gasteiger partial charge in [-0.15, -0.1) is 6.58 Å². The smallest absolute Gasteiger partial charge is 0.342 e. The standard InChI is InChI=1S/C19H24O5/c1-5-7-9-15(20)10-14-11-16(23-4)12-17(21)18(14)19(22)24-13(3)8-6-2/h6-7,9,11-13,21H,2,5,8,10H2,1,3-4H3/b9-7+/t13-/m1/s1. The molecule has 5 heteroatoms. The van der Waals surface area contributed by atoms with Crippen molar-refractivity contribution in [3.8, 4) is 11.5 Å². The fraction of sp³-hybridized carbons (Fsp3) is 0.368. The van der Waals surface area contributed by atoms with E-state index >= 15 is 0 Å². The molecule has 1 aromatic rings. The van der Waals surface area contributed by atoms with Crippen LogP contribution in [0.25, 0.3) is 0 Å². The van der Waals surface area contributed by atoms with Gasteiger partial charge in [0.05, 0.1) is 7.11 Å². The Morgan fingerprint density at radius 1 is 1.38 bits per heavy atom. The van der Waals surface area contributed by atoms with Crippen LogP contribution in [0.5, 0.6) is 11.5 Å². The van der Waals surface area contributed by atoms with E-state index in [-0.39, 0.29) is 29.6 Å². The summed E-state index contributed by atoms with van der Waals surface area (Å²) in [4.78, 5) is 24.4. The summed E-state index contributed by atoms with van der Waals surface area (Å²) >= 11 is 0. The van der Waals surface area contributed by atoms with Crippen LogP contribution < -0.4 is 4.74 Å². The van der Waals surface area contributed by atoms with Gasteiger partial charge in [-0.25, -0.2) is 4.79 Å². The number of hydrogen-bond donors (Lipinski definition) is 1. The van der Waals surface area contributed by atoms with Crippen molar-refractivity contribution in [1.29, 1.82) is 0 Å². The number of ketones is 1. The molecular weight excluding hydrogens is 308 g/mol. The molecule has 0 aromatic heterocycles. The van der Waals surface area contributed by atoms with Crippen molar-refractivity contribution in [3.05, 3.63) is 48.1 Å². The van der Waals surface area contributed by atoms with E-state index in [1.54, 1.807) is 25.1 Å². The number of phenolic OH excluding ortho intramolecular Hbond substituents is 1. The number of carbonyl (C=O) groups is 2. The molecule has 0 saturated heterocycles. The Hall–Kier alpha value is -2.56. The van der Waals surface area contributed by atoms with E-state index in [0.29, 0.717) is 17.7 Å². The Bertz CT molecular complexity index is 631. The SMILES string of the molecule is C=CC[C@@H](C)OC(=O)c1c(O)cc(OC)cc1CC(=O)/C=C/CC. The third-order valence-corrected chi connectivity index (χ3v) is 3.32. The largest absolute Gasteiger partial charge is 0.507 e. The molecule has 1 atom stereocenters. The average Bonchev–Trinajstić information content (AvgIpc) is 2.52. The predicted octanol–water partition coefficient (Wildman–Crippen LogP) is 3.60. The number of hydrogen-bond acceptors (Lipinski definition) is 5. The number of phenols is 1. The number of aromatic hydroxyl groups is 1. The van der Waals surface area contributed by atoms with Crippen molar-refractivity contribution in [2.24, 2.45) is 0 Å². The molecule has 0 unspecified atom stereocenters. The van der Waals surface area contributed by atoms with E-state index < -0.39 is 5.97 Å². The maximum atomic E-state index is 12.4. The number of rotatable bonds is 9. The zero-order valence-corrected chi connectivity index (χ0v) is 14.4. The van der Waals surface area contributed by atoms with E-state index in [0.717, 1.165) is 6.42 Å². The fourth-order valence-electron chi connectivity index (χ4n) is 2.17. The fourth-order valence-corrected chi connectivity index (χ4v) is 2.17. The molecule has 1 aromatic carbocycles. The molecule has 5 nitrogen and oxygen atoms in total. The van der Waals surface area contributed by atoms with Crippen molar-refractivity contribution < 1.29 is 24.2 Å². The summed E-state index contributed by atoms with van der Waals surface area (Å²) in [6, 6.07) is 2.89. The van der Waals surface area contributed by atoms with Gasteiger partial charge in [0.2, 0.25) is 0 Å². The van der Waals surface area contributed by atoms with Gasteiger partial charge in [-0.05, 0) is 31.1 Å². The van der Waals surface area contributed by atoms with Crippen molar-refractivity contribution in [1.82, 2.24) is 0 Å². The highest BCUT2D eigenvalue weighted by Crippen LogP contribution is 2.29. The van der Waals surface area contributed by atoms with Crippen LogP contribution in [0, 0.1) is 0 Å². The normalized spacial score (nSPS) is 12.0. The zero-order valence-electron chi connectivity index (χ0n) is 14.4. The zero-order chi connectivity index (χ0) is 18.1. The van der Waals surface area contributed by atoms with E-state index in [9.17, 15) is 14.7 Å². The van der Waals surface area contributed by atoms with E-state index in [2.05, 4.69) is 6.58 Å². The molecule has 0 bridgehead atoms. The lowest BCUT2D eigenvalue weighted by atomic mass is 10.00. The summed E-state index contributed by atoms with van der Waals surface area (Å²) in [5.74, 6) is -0.748. The maximum Gasteiger partial charge on any atom is 0.342 e. The first kappa shape index (κ1) is 19.5. The summed E-state index contributed by atoms with van der Waals surface area (Å²) in [6.07, 6.45) is 5.69. The first-order valence-electron chi connectivity index (χ1n) is 7.84. The van der Waals surface area contributed by atoms with Gasteiger partial charge < -0.3 is 14.6 Å². The third kappa shape index (κ3) is 5.57. The molecule has 1 rings (SSSR count).